The van der Waals surface area contributed by atoms with Crippen LogP contribution < -0.4 is 4.90 Å². The number of amides is 2. The summed E-state index contributed by atoms with van der Waals surface area (Å²) in [6.07, 6.45) is 2.32. The highest BCUT2D eigenvalue weighted by Crippen LogP contribution is 2.34. The smallest absolute Gasteiger partial charge is 0.228 e. The second-order valence-electron chi connectivity index (χ2n) is 6.51. The zero-order valence-corrected chi connectivity index (χ0v) is 14.6. The number of piperidine rings is 1. The number of anilines is 1. The van der Waals surface area contributed by atoms with E-state index in [9.17, 15) is 9.59 Å². The number of rotatable bonds is 2. The summed E-state index contributed by atoms with van der Waals surface area (Å²) >= 11 is 12.2. The number of nitrogens with zero attached hydrogens (tertiary/aromatic N) is 2. The van der Waals surface area contributed by atoms with Gasteiger partial charge in [0.25, 0.3) is 0 Å². The molecule has 23 heavy (non-hydrogen) atoms. The molecule has 1 atom stereocenters. The lowest BCUT2D eigenvalue weighted by Gasteiger charge is -2.32. The first-order valence-electron chi connectivity index (χ1n) is 8.00. The Morgan fingerprint density at radius 3 is 2.61 bits per heavy atom. The molecule has 2 aliphatic rings. The quantitative estimate of drug-likeness (QED) is 0.813. The number of hydrogen-bond acceptors (Lipinski definition) is 2. The Morgan fingerprint density at radius 2 is 1.91 bits per heavy atom. The summed E-state index contributed by atoms with van der Waals surface area (Å²) in [5.41, 5.74) is 0.590. The van der Waals surface area contributed by atoms with Gasteiger partial charge in [-0.05, 0) is 37.0 Å². The largest absolute Gasteiger partial charge is 0.342 e. The van der Waals surface area contributed by atoms with Gasteiger partial charge in [-0.15, -0.1) is 0 Å². The van der Waals surface area contributed by atoms with E-state index in [1.807, 2.05) is 4.90 Å². The first-order chi connectivity index (χ1) is 11.0. The Hall–Kier alpha value is -1.26. The summed E-state index contributed by atoms with van der Waals surface area (Å²) in [5.74, 6) is 0.403. The fourth-order valence-corrected chi connectivity index (χ4v) is 3.67. The highest BCUT2D eigenvalue weighted by Gasteiger charge is 2.38. The number of hydrogen-bond donors (Lipinski definition) is 0. The molecule has 0 bridgehead atoms. The summed E-state index contributed by atoms with van der Waals surface area (Å²) in [4.78, 5) is 28.5. The van der Waals surface area contributed by atoms with Crippen LogP contribution in [0.1, 0.15) is 26.2 Å². The SMILES string of the molecule is CC1CCN(C(=O)C2CC(=O)N(c3cc(Cl)ccc3Cl)C2)CC1. The minimum absolute atomic E-state index is 0.0714. The van der Waals surface area contributed by atoms with E-state index >= 15 is 0 Å². The van der Waals surface area contributed by atoms with E-state index in [4.69, 9.17) is 23.2 Å². The van der Waals surface area contributed by atoms with Crippen LogP contribution in [0.2, 0.25) is 10.0 Å². The van der Waals surface area contributed by atoms with Crippen LogP contribution in [0.5, 0.6) is 0 Å². The molecule has 1 aromatic carbocycles. The van der Waals surface area contributed by atoms with Crippen molar-refractivity contribution in [3.8, 4) is 0 Å². The molecule has 0 aliphatic carbocycles. The molecule has 0 radical (unpaired) electrons. The number of benzene rings is 1. The number of carbonyl (C=O) groups is 2. The molecule has 0 N–H and O–H groups in total. The average molecular weight is 355 g/mol. The third-order valence-electron chi connectivity index (χ3n) is 4.77. The van der Waals surface area contributed by atoms with Gasteiger partial charge in [0, 0.05) is 31.1 Å². The molecule has 4 nitrogen and oxygen atoms in total. The second kappa shape index (κ2) is 6.70. The molecule has 0 spiro atoms. The molecule has 6 heteroatoms. The molecule has 124 valence electrons. The average Bonchev–Trinajstić information content (AvgIpc) is 2.91. The van der Waals surface area contributed by atoms with Crippen molar-refractivity contribution in [1.82, 2.24) is 4.90 Å². The lowest BCUT2D eigenvalue weighted by atomic mass is 9.97. The molecular formula is C17H20Cl2N2O2. The Morgan fingerprint density at radius 1 is 1.22 bits per heavy atom. The van der Waals surface area contributed by atoms with Gasteiger partial charge in [-0.1, -0.05) is 30.1 Å². The monoisotopic (exact) mass is 354 g/mol. The number of halogens is 2. The van der Waals surface area contributed by atoms with Crippen molar-refractivity contribution in [2.45, 2.75) is 26.2 Å². The van der Waals surface area contributed by atoms with Crippen molar-refractivity contribution in [2.24, 2.45) is 11.8 Å². The summed E-state index contributed by atoms with van der Waals surface area (Å²) in [7, 11) is 0. The predicted octanol–water partition coefficient (Wildman–Crippen LogP) is 3.60. The third-order valence-corrected chi connectivity index (χ3v) is 5.32. The van der Waals surface area contributed by atoms with Crippen molar-refractivity contribution in [3.05, 3.63) is 28.2 Å². The van der Waals surface area contributed by atoms with E-state index in [-0.39, 0.29) is 24.2 Å². The van der Waals surface area contributed by atoms with Crippen LogP contribution in [0.25, 0.3) is 0 Å². The summed E-state index contributed by atoms with van der Waals surface area (Å²) < 4.78 is 0. The van der Waals surface area contributed by atoms with Crippen LogP contribution in [0.4, 0.5) is 5.69 Å². The third kappa shape index (κ3) is 3.48. The van der Waals surface area contributed by atoms with Crippen molar-refractivity contribution >= 4 is 40.7 Å². The van der Waals surface area contributed by atoms with Gasteiger partial charge in [0.2, 0.25) is 11.8 Å². The Balaban J connectivity index is 1.72. The Kier molecular flexibility index (Phi) is 4.83. The summed E-state index contributed by atoms with van der Waals surface area (Å²) in [6, 6.07) is 5.04. The fraction of sp³-hybridized carbons (Fsp3) is 0.529. The predicted molar refractivity (Wildman–Crippen MR) is 91.9 cm³/mol. The zero-order chi connectivity index (χ0) is 16.6. The molecule has 2 aliphatic heterocycles. The Labute approximate surface area is 146 Å². The van der Waals surface area contributed by atoms with E-state index < -0.39 is 0 Å². The molecular weight excluding hydrogens is 335 g/mol. The van der Waals surface area contributed by atoms with Gasteiger partial charge in [0.1, 0.15) is 0 Å². The van der Waals surface area contributed by atoms with Gasteiger partial charge in [0.15, 0.2) is 0 Å². The molecule has 2 saturated heterocycles. The maximum absolute atomic E-state index is 12.7. The minimum atomic E-state index is -0.286. The molecule has 2 heterocycles. The molecule has 2 amide bonds. The Bertz CT molecular complexity index is 627. The van der Waals surface area contributed by atoms with Crippen LogP contribution in [-0.2, 0) is 9.59 Å². The highest BCUT2D eigenvalue weighted by molar-refractivity contribution is 6.35. The standard InChI is InChI=1S/C17H20Cl2N2O2/c1-11-4-6-20(7-5-11)17(23)12-8-16(22)21(10-12)15-9-13(18)2-3-14(15)19/h2-3,9,11-12H,4-8,10H2,1H3. The topological polar surface area (TPSA) is 40.6 Å². The van der Waals surface area contributed by atoms with Gasteiger partial charge >= 0.3 is 0 Å². The van der Waals surface area contributed by atoms with E-state index in [1.165, 1.54) is 0 Å². The van der Waals surface area contributed by atoms with Crippen molar-refractivity contribution in [2.75, 3.05) is 24.5 Å². The van der Waals surface area contributed by atoms with E-state index in [0.717, 1.165) is 25.9 Å². The minimum Gasteiger partial charge on any atom is -0.342 e. The van der Waals surface area contributed by atoms with E-state index in [2.05, 4.69) is 6.92 Å². The van der Waals surface area contributed by atoms with Gasteiger partial charge in [-0.2, -0.15) is 0 Å². The van der Waals surface area contributed by atoms with Crippen LogP contribution >= 0.6 is 23.2 Å². The van der Waals surface area contributed by atoms with Crippen LogP contribution in [0.15, 0.2) is 18.2 Å². The molecule has 1 aromatic rings. The lowest BCUT2D eigenvalue weighted by molar-refractivity contribution is -0.137. The first-order valence-corrected chi connectivity index (χ1v) is 8.75. The van der Waals surface area contributed by atoms with E-state index in [0.29, 0.717) is 28.2 Å². The normalized spacial score (nSPS) is 22.7. The van der Waals surface area contributed by atoms with Crippen LogP contribution in [-0.4, -0.2) is 36.3 Å². The van der Waals surface area contributed by atoms with Gasteiger partial charge < -0.3 is 9.80 Å². The van der Waals surface area contributed by atoms with Gasteiger partial charge in [-0.3, -0.25) is 9.59 Å². The van der Waals surface area contributed by atoms with Crippen molar-refractivity contribution in [1.29, 1.82) is 0 Å². The molecule has 0 saturated carbocycles. The molecule has 3 rings (SSSR count). The first kappa shape index (κ1) is 16.6. The number of carbonyl (C=O) groups excluding carboxylic acids is 2. The highest BCUT2D eigenvalue weighted by atomic mass is 35.5. The van der Waals surface area contributed by atoms with Crippen LogP contribution in [0.3, 0.4) is 0 Å². The van der Waals surface area contributed by atoms with Crippen LogP contribution in [0, 0.1) is 11.8 Å². The lowest BCUT2D eigenvalue weighted by Crippen LogP contribution is -2.42. The zero-order valence-electron chi connectivity index (χ0n) is 13.1. The maximum atomic E-state index is 12.7. The molecule has 2 fully saturated rings. The molecule has 1 unspecified atom stereocenters. The van der Waals surface area contributed by atoms with Gasteiger partial charge in [0.05, 0.1) is 16.6 Å². The van der Waals surface area contributed by atoms with E-state index in [1.54, 1.807) is 23.1 Å². The second-order valence-corrected chi connectivity index (χ2v) is 7.35. The van der Waals surface area contributed by atoms with Crippen molar-refractivity contribution in [3.63, 3.8) is 0 Å². The van der Waals surface area contributed by atoms with Crippen molar-refractivity contribution < 1.29 is 9.59 Å². The summed E-state index contributed by atoms with van der Waals surface area (Å²) in [5, 5.41) is 1.000. The maximum Gasteiger partial charge on any atom is 0.228 e. The fourth-order valence-electron chi connectivity index (χ4n) is 3.29. The number of likely N-dealkylation sites (tertiary alicyclic amines) is 1. The molecule has 0 aromatic heterocycles. The van der Waals surface area contributed by atoms with Gasteiger partial charge in [-0.25, -0.2) is 0 Å². The summed E-state index contributed by atoms with van der Waals surface area (Å²) in [6.45, 7) is 4.18.